The standard InChI is InChI=1S/C14H12BrClFN/c1-8-4-10(6-11(17)5-8)14(18)9-2-3-12(15)13(16)7-9/h2-7,14H,18H2,1H3. The van der Waals surface area contributed by atoms with E-state index >= 15 is 0 Å². The van der Waals surface area contributed by atoms with E-state index < -0.39 is 0 Å². The Morgan fingerprint density at radius 1 is 1.17 bits per heavy atom. The van der Waals surface area contributed by atoms with E-state index in [-0.39, 0.29) is 11.9 Å². The molecule has 1 nitrogen and oxygen atoms in total. The summed E-state index contributed by atoms with van der Waals surface area (Å²) in [4.78, 5) is 0. The van der Waals surface area contributed by atoms with Crippen molar-refractivity contribution in [2.75, 3.05) is 0 Å². The second-order valence-electron chi connectivity index (χ2n) is 4.21. The van der Waals surface area contributed by atoms with Crippen LogP contribution in [-0.2, 0) is 0 Å². The second kappa shape index (κ2) is 5.39. The maximum atomic E-state index is 13.4. The van der Waals surface area contributed by atoms with Crippen molar-refractivity contribution in [3.8, 4) is 0 Å². The summed E-state index contributed by atoms with van der Waals surface area (Å²) in [5.74, 6) is -0.274. The lowest BCUT2D eigenvalue weighted by atomic mass is 9.98. The van der Waals surface area contributed by atoms with E-state index in [1.165, 1.54) is 12.1 Å². The Balaban J connectivity index is 2.40. The van der Waals surface area contributed by atoms with E-state index in [4.69, 9.17) is 17.3 Å². The Morgan fingerprint density at radius 2 is 1.89 bits per heavy atom. The van der Waals surface area contributed by atoms with Gasteiger partial charge in [0, 0.05) is 4.47 Å². The number of nitrogens with two attached hydrogens (primary N) is 1. The second-order valence-corrected chi connectivity index (χ2v) is 5.47. The fraction of sp³-hybridized carbons (Fsp3) is 0.143. The van der Waals surface area contributed by atoms with Gasteiger partial charge in [0.1, 0.15) is 5.82 Å². The van der Waals surface area contributed by atoms with Gasteiger partial charge in [0.05, 0.1) is 11.1 Å². The fourth-order valence-electron chi connectivity index (χ4n) is 1.84. The lowest BCUT2D eigenvalue weighted by Crippen LogP contribution is -2.12. The maximum Gasteiger partial charge on any atom is 0.123 e. The summed E-state index contributed by atoms with van der Waals surface area (Å²) in [6, 6.07) is 9.92. The average molecular weight is 329 g/mol. The summed E-state index contributed by atoms with van der Waals surface area (Å²) in [6.07, 6.45) is 0. The summed E-state index contributed by atoms with van der Waals surface area (Å²) in [7, 11) is 0. The first-order chi connectivity index (χ1) is 8.47. The molecule has 0 aliphatic rings. The molecular weight excluding hydrogens is 317 g/mol. The molecule has 2 aromatic rings. The molecule has 0 heterocycles. The molecule has 94 valence electrons. The summed E-state index contributed by atoms with van der Waals surface area (Å²) in [6.45, 7) is 1.84. The van der Waals surface area contributed by atoms with Crippen LogP contribution in [0.2, 0.25) is 5.02 Å². The highest BCUT2D eigenvalue weighted by molar-refractivity contribution is 9.10. The van der Waals surface area contributed by atoms with Crippen LogP contribution in [0, 0.1) is 12.7 Å². The highest BCUT2D eigenvalue weighted by Crippen LogP contribution is 2.28. The molecule has 0 aliphatic carbocycles. The first kappa shape index (κ1) is 13.5. The molecule has 0 aliphatic heterocycles. The normalized spacial score (nSPS) is 12.5. The van der Waals surface area contributed by atoms with Crippen LogP contribution in [0.4, 0.5) is 4.39 Å². The molecule has 0 saturated carbocycles. The lowest BCUT2D eigenvalue weighted by molar-refractivity contribution is 0.622. The Labute approximate surface area is 119 Å². The van der Waals surface area contributed by atoms with Crippen LogP contribution in [0.15, 0.2) is 40.9 Å². The monoisotopic (exact) mass is 327 g/mol. The zero-order valence-corrected chi connectivity index (χ0v) is 12.1. The molecule has 4 heteroatoms. The molecular formula is C14H12BrClFN. The van der Waals surface area contributed by atoms with Crippen LogP contribution in [0.1, 0.15) is 22.7 Å². The van der Waals surface area contributed by atoms with Gasteiger partial charge in [-0.2, -0.15) is 0 Å². The van der Waals surface area contributed by atoms with Crippen molar-refractivity contribution in [3.05, 3.63) is 68.4 Å². The van der Waals surface area contributed by atoms with Gasteiger partial charge in [0.2, 0.25) is 0 Å². The molecule has 18 heavy (non-hydrogen) atoms. The Morgan fingerprint density at radius 3 is 2.50 bits per heavy atom. The van der Waals surface area contributed by atoms with Crippen molar-refractivity contribution in [2.24, 2.45) is 5.73 Å². The largest absolute Gasteiger partial charge is 0.320 e. The third kappa shape index (κ3) is 2.91. The van der Waals surface area contributed by atoms with Gasteiger partial charge >= 0.3 is 0 Å². The van der Waals surface area contributed by atoms with Crippen molar-refractivity contribution >= 4 is 27.5 Å². The predicted octanol–water partition coefficient (Wildman–Crippen LogP) is 4.60. The maximum absolute atomic E-state index is 13.4. The molecule has 1 unspecified atom stereocenters. The summed E-state index contributed by atoms with van der Waals surface area (Å²) < 4.78 is 14.2. The quantitative estimate of drug-likeness (QED) is 0.856. The van der Waals surface area contributed by atoms with E-state index in [1.807, 2.05) is 25.1 Å². The van der Waals surface area contributed by atoms with Crippen LogP contribution >= 0.6 is 27.5 Å². The lowest BCUT2D eigenvalue weighted by Gasteiger charge is -2.14. The van der Waals surface area contributed by atoms with E-state index in [0.29, 0.717) is 5.02 Å². The van der Waals surface area contributed by atoms with Crippen LogP contribution in [0.5, 0.6) is 0 Å². The molecule has 0 saturated heterocycles. The van der Waals surface area contributed by atoms with Crippen molar-refractivity contribution < 1.29 is 4.39 Å². The minimum atomic E-state index is -0.384. The van der Waals surface area contributed by atoms with Crippen molar-refractivity contribution in [2.45, 2.75) is 13.0 Å². The molecule has 1 atom stereocenters. The van der Waals surface area contributed by atoms with Gasteiger partial charge in [-0.05, 0) is 63.8 Å². The number of hydrogen-bond donors (Lipinski definition) is 1. The zero-order valence-electron chi connectivity index (χ0n) is 9.75. The minimum Gasteiger partial charge on any atom is -0.320 e. The number of rotatable bonds is 2. The number of aryl methyl sites for hydroxylation is 1. The molecule has 0 amide bonds. The molecule has 0 spiro atoms. The SMILES string of the molecule is Cc1cc(F)cc(C(N)c2ccc(Br)c(Cl)c2)c1. The summed E-state index contributed by atoms with van der Waals surface area (Å²) >= 11 is 9.36. The topological polar surface area (TPSA) is 26.0 Å². The van der Waals surface area contributed by atoms with E-state index in [0.717, 1.165) is 21.2 Å². The molecule has 2 aromatic carbocycles. The van der Waals surface area contributed by atoms with Crippen molar-refractivity contribution in [1.29, 1.82) is 0 Å². The number of hydrogen-bond acceptors (Lipinski definition) is 1. The molecule has 2 N–H and O–H groups in total. The van der Waals surface area contributed by atoms with Gasteiger partial charge in [-0.1, -0.05) is 23.7 Å². The Kier molecular flexibility index (Phi) is 4.05. The van der Waals surface area contributed by atoms with Crippen LogP contribution in [-0.4, -0.2) is 0 Å². The summed E-state index contributed by atoms with van der Waals surface area (Å²) in [5.41, 5.74) is 8.58. The van der Waals surface area contributed by atoms with E-state index in [2.05, 4.69) is 15.9 Å². The third-order valence-electron chi connectivity index (χ3n) is 2.73. The molecule has 0 aromatic heterocycles. The fourth-order valence-corrected chi connectivity index (χ4v) is 2.28. The number of benzene rings is 2. The number of halogens is 3. The summed E-state index contributed by atoms with van der Waals surface area (Å²) in [5, 5.41) is 0.594. The van der Waals surface area contributed by atoms with Crippen LogP contribution in [0.25, 0.3) is 0 Å². The minimum absolute atomic E-state index is 0.274. The molecule has 0 fully saturated rings. The van der Waals surface area contributed by atoms with Crippen molar-refractivity contribution in [3.63, 3.8) is 0 Å². The van der Waals surface area contributed by atoms with Gasteiger partial charge in [0.25, 0.3) is 0 Å². The van der Waals surface area contributed by atoms with Crippen molar-refractivity contribution in [1.82, 2.24) is 0 Å². The highest BCUT2D eigenvalue weighted by Gasteiger charge is 2.12. The average Bonchev–Trinajstić information content (AvgIpc) is 2.30. The zero-order chi connectivity index (χ0) is 13.3. The Bertz CT molecular complexity index is 566. The molecule has 0 bridgehead atoms. The third-order valence-corrected chi connectivity index (χ3v) is 3.96. The van der Waals surface area contributed by atoms with Gasteiger partial charge in [0.15, 0.2) is 0 Å². The van der Waals surface area contributed by atoms with Gasteiger partial charge < -0.3 is 5.73 Å². The molecule has 2 rings (SSSR count). The van der Waals surface area contributed by atoms with Gasteiger partial charge in [-0.15, -0.1) is 0 Å². The van der Waals surface area contributed by atoms with Gasteiger partial charge in [-0.25, -0.2) is 4.39 Å². The molecule has 0 radical (unpaired) electrons. The van der Waals surface area contributed by atoms with E-state index in [9.17, 15) is 4.39 Å². The van der Waals surface area contributed by atoms with Crippen LogP contribution < -0.4 is 5.73 Å². The van der Waals surface area contributed by atoms with Crippen LogP contribution in [0.3, 0.4) is 0 Å². The smallest absolute Gasteiger partial charge is 0.123 e. The first-order valence-corrected chi connectivity index (χ1v) is 6.62. The van der Waals surface area contributed by atoms with Gasteiger partial charge in [-0.3, -0.25) is 0 Å². The predicted molar refractivity (Wildman–Crippen MR) is 76.3 cm³/mol. The highest BCUT2D eigenvalue weighted by atomic mass is 79.9. The van der Waals surface area contributed by atoms with E-state index in [1.54, 1.807) is 6.07 Å². The first-order valence-electron chi connectivity index (χ1n) is 5.45. The Hall–Kier alpha value is -0.900.